The van der Waals surface area contributed by atoms with Gasteiger partial charge >= 0.3 is 6.18 Å². The molecule has 2 amide bonds. The Labute approximate surface area is 205 Å². The lowest BCUT2D eigenvalue weighted by atomic mass is 9.97. The normalized spacial score (nSPS) is 16.3. The average Bonchev–Trinajstić information content (AvgIpc) is 3.26. The number of carbonyl (C=O) groups is 2. The van der Waals surface area contributed by atoms with E-state index in [0.717, 1.165) is 23.8 Å². The molecule has 1 unspecified atom stereocenters. The van der Waals surface area contributed by atoms with Gasteiger partial charge < -0.3 is 10.6 Å². The van der Waals surface area contributed by atoms with Crippen LogP contribution in [0.3, 0.4) is 0 Å². The molecule has 3 N–H and O–H groups in total. The van der Waals surface area contributed by atoms with Gasteiger partial charge in [0.2, 0.25) is 5.91 Å². The molecule has 1 saturated heterocycles. The number of rotatable bonds is 5. The molecule has 7 nitrogen and oxygen atoms in total. The number of hydrogen-bond acceptors (Lipinski definition) is 6. The number of halogens is 5. The van der Waals surface area contributed by atoms with Crippen molar-refractivity contribution in [2.75, 3.05) is 23.3 Å². The van der Waals surface area contributed by atoms with E-state index in [9.17, 15) is 27.2 Å². The van der Waals surface area contributed by atoms with E-state index in [0.29, 0.717) is 31.4 Å². The summed E-state index contributed by atoms with van der Waals surface area (Å²) in [6.45, 7) is 1.01. The van der Waals surface area contributed by atoms with Crippen molar-refractivity contribution in [3.05, 3.63) is 57.8 Å². The summed E-state index contributed by atoms with van der Waals surface area (Å²) in [5, 5.41) is 4.11. The number of aromatic nitrogens is 2. The molecule has 0 saturated carbocycles. The van der Waals surface area contributed by atoms with Crippen LogP contribution in [0.1, 0.15) is 28.8 Å². The molecule has 13 heteroatoms. The highest BCUT2D eigenvalue weighted by Crippen LogP contribution is 2.36. The second-order valence-electron chi connectivity index (χ2n) is 7.87. The van der Waals surface area contributed by atoms with Crippen LogP contribution in [-0.2, 0) is 11.0 Å². The molecule has 4 rings (SSSR count). The van der Waals surface area contributed by atoms with Crippen molar-refractivity contribution in [2.24, 2.45) is 11.7 Å². The van der Waals surface area contributed by atoms with Crippen LogP contribution in [0.25, 0.3) is 11.3 Å². The Balaban J connectivity index is 1.49. The minimum absolute atomic E-state index is 0.0468. The number of thiazole rings is 1. The molecule has 1 aliphatic rings. The van der Waals surface area contributed by atoms with Crippen LogP contribution in [0.15, 0.2) is 35.8 Å². The molecular formula is C22H18ClF4N5O2S. The first-order valence-corrected chi connectivity index (χ1v) is 11.6. The number of nitrogens with zero attached hydrogens (tertiary/aromatic N) is 3. The number of nitrogens with two attached hydrogens (primary N) is 1. The van der Waals surface area contributed by atoms with Crippen molar-refractivity contribution in [2.45, 2.75) is 19.0 Å². The van der Waals surface area contributed by atoms with E-state index in [1.807, 2.05) is 4.90 Å². The lowest BCUT2D eigenvalue weighted by Gasteiger charge is -2.32. The molecule has 184 valence electrons. The molecule has 3 heterocycles. The third-order valence-electron chi connectivity index (χ3n) is 5.51. The lowest BCUT2D eigenvalue weighted by Crippen LogP contribution is -2.41. The van der Waals surface area contributed by atoms with Gasteiger partial charge in [0.1, 0.15) is 11.6 Å². The number of piperidine rings is 1. The van der Waals surface area contributed by atoms with Crippen LogP contribution in [-0.4, -0.2) is 34.9 Å². The second-order valence-corrected chi connectivity index (χ2v) is 9.14. The number of pyridine rings is 1. The van der Waals surface area contributed by atoms with Crippen LogP contribution in [0, 0.1) is 11.7 Å². The minimum atomic E-state index is -4.85. The van der Waals surface area contributed by atoms with Gasteiger partial charge in [0.05, 0.1) is 27.8 Å². The standard InChI is InChI=1S/C22H18ClF4N5O2S/c23-15-7-12(8-29-19(15)32-6-2-3-11(9-32)18(28)33)20(34)31-21-30-16(10-35-21)13-4-1-5-14(17(13)24)22(25,26)27/h1,4-5,7-8,10-11H,2-3,6,9H2,(H2,28,33)(H,30,31,34). The predicted octanol–water partition coefficient (Wildman–Crippen LogP) is 4.97. The van der Waals surface area contributed by atoms with Crippen molar-refractivity contribution >= 4 is 45.7 Å². The van der Waals surface area contributed by atoms with Crippen LogP contribution in [0.4, 0.5) is 28.5 Å². The first-order valence-electron chi connectivity index (χ1n) is 10.4. The third-order valence-corrected chi connectivity index (χ3v) is 6.55. The average molecular weight is 528 g/mol. The first kappa shape index (κ1) is 24.9. The maximum atomic E-state index is 14.4. The van der Waals surface area contributed by atoms with Crippen LogP contribution in [0.2, 0.25) is 5.02 Å². The summed E-state index contributed by atoms with van der Waals surface area (Å²) in [6, 6.07) is 4.32. The lowest BCUT2D eigenvalue weighted by molar-refractivity contribution is -0.139. The van der Waals surface area contributed by atoms with Gasteiger partial charge in [0, 0.05) is 30.2 Å². The van der Waals surface area contributed by atoms with Crippen molar-refractivity contribution in [1.82, 2.24) is 9.97 Å². The number of hydrogen-bond donors (Lipinski definition) is 2. The van der Waals surface area contributed by atoms with Crippen molar-refractivity contribution in [1.29, 1.82) is 0 Å². The van der Waals surface area contributed by atoms with Crippen molar-refractivity contribution < 1.29 is 27.2 Å². The molecular weight excluding hydrogens is 510 g/mol. The zero-order valence-corrected chi connectivity index (χ0v) is 19.5. The molecule has 0 bridgehead atoms. The molecule has 0 spiro atoms. The highest BCUT2D eigenvalue weighted by atomic mass is 35.5. The zero-order chi connectivity index (χ0) is 25.3. The molecule has 1 atom stereocenters. The smallest absolute Gasteiger partial charge is 0.369 e. The van der Waals surface area contributed by atoms with Crippen molar-refractivity contribution in [3.63, 3.8) is 0 Å². The maximum Gasteiger partial charge on any atom is 0.419 e. The van der Waals surface area contributed by atoms with E-state index < -0.39 is 29.4 Å². The summed E-state index contributed by atoms with van der Waals surface area (Å²) >= 11 is 7.27. The Morgan fingerprint density at radius 3 is 2.74 bits per heavy atom. The van der Waals surface area contributed by atoms with E-state index in [4.69, 9.17) is 17.3 Å². The fourth-order valence-electron chi connectivity index (χ4n) is 3.76. The summed E-state index contributed by atoms with van der Waals surface area (Å²) in [6.07, 6.45) is -2.11. The van der Waals surface area contributed by atoms with Gasteiger partial charge in [-0.2, -0.15) is 13.2 Å². The monoisotopic (exact) mass is 527 g/mol. The summed E-state index contributed by atoms with van der Waals surface area (Å²) in [7, 11) is 0. The molecule has 0 aliphatic carbocycles. The molecule has 0 radical (unpaired) electrons. The van der Waals surface area contributed by atoms with Gasteiger partial charge in [0.25, 0.3) is 5.91 Å². The van der Waals surface area contributed by atoms with Gasteiger partial charge in [-0.3, -0.25) is 14.9 Å². The number of nitrogens with one attached hydrogen (secondary N) is 1. The van der Waals surface area contributed by atoms with E-state index >= 15 is 0 Å². The SMILES string of the molecule is NC(=O)C1CCCN(c2ncc(C(=O)Nc3nc(-c4cccc(C(F)(F)F)c4F)cs3)cc2Cl)C1. The number of benzene rings is 1. The summed E-state index contributed by atoms with van der Waals surface area (Å²) in [5.74, 6) is -2.33. The highest BCUT2D eigenvalue weighted by Gasteiger charge is 2.35. The van der Waals surface area contributed by atoms with Crippen LogP contribution in [0.5, 0.6) is 0 Å². The van der Waals surface area contributed by atoms with Crippen LogP contribution >= 0.6 is 22.9 Å². The number of anilines is 2. The Hall–Kier alpha value is -3.25. The highest BCUT2D eigenvalue weighted by molar-refractivity contribution is 7.14. The van der Waals surface area contributed by atoms with Gasteiger partial charge in [-0.15, -0.1) is 11.3 Å². The number of alkyl halides is 3. The molecule has 35 heavy (non-hydrogen) atoms. The summed E-state index contributed by atoms with van der Waals surface area (Å²) in [4.78, 5) is 34.3. The number of amides is 2. The summed E-state index contributed by atoms with van der Waals surface area (Å²) in [5.41, 5.74) is 3.75. The van der Waals surface area contributed by atoms with E-state index in [2.05, 4.69) is 15.3 Å². The topological polar surface area (TPSA) is 101 Å². The van der Waals surface area contributed by atoms with Gasteiger partial charge in [0.15, 0.2) is 5.13 Å². The van der Waals surface area contributed by atoms with Crippen LogP contribution < -0.4 is 16.0 Å². The Morgan fingerprint density at radius 2 is 2.06 bits per heavy atom. The Bertz CT molecular complexity index is 1280. The zero-order valence-electron chi connectivity index (χ0n) is 17.9. The van der Waals surface area contributed by atoms with E-state index in [1.165, 1.54) is 23.7 Å². The summed E-state index contributed by atoms with van der Waals surface area (Å²) < 4.78 is 53.4. The van der Waals surface area contributed by atoms with Crippen molar-refractivity contribution in [3.8, 4) is 11.3 Å². The molecule has 1 aromatic carbocycles. The molecule has 2 aromatic heterocycles. The fourth-order valence-corrected chi connectivity index (χ4v) is 4.75. The minimum Gasteiger partial charge on any atom is -0.369 e. The quantitative estimate of drug-likeness (QED) is 0.456. The predicted molar refractivity (Wildman–Crippen MR) is 124 cm³/mol. The maximum absolute atomic E-state index is 14.4. The molecule has 3 aromatic rings. The first-order chi connectivity index (χ1) is 16.5. The molecule has 1 fully saturated rings. The van der Waals surface area contributed by atoms with Gasteiger partial charge in [-0.1, -0.05) is 17.7 Å². The Morgan fingerprint density at radius 1 is 1.29 bits per heavy atom. The van der Waals surface area contributed by atoms with E-state index in [1.54, 1.807) is 0 Å². The fraction of sp³-hybridized carbons (Fsp3) is 0.273. The largest absolute Gasteiger partial charge is 0.419 e. The number of carbonyl (C=O) groups excluding carboxylic acids is 2. The van der Waals surface area contributed by atoms with Gasteiger partial charge in [-0.25, -0.2) is 14.4 Å². The molecule has 1 aliphatic heterocycles. The third kappa shape index (κ3) is 5.38. The Kier molecular flexibility index (Phi) is 6.95. The van der Waals surface area contributed by atoms with Gasteiger partial charge in [-0.05, 0) is 31.0 Å². The number of primary amides is 1. The second kappa shape index (κ2) is 9.78. The van der Waals surface area contributed by atoms with E-state index in [-0.39, 0.29) is 32.9 Å².